The molecule has 0 spiro atoms. The maximum Gasteiger partial charge on any atom is -0.0220 e. The molecular formula is C112H196. The SMILES string of the molecule is CC(C)(C)C1(C)C2CC3CC(C2)CC1C3.CC(C)C1(C)C2CC3CC(C2)CC1C3.CC1(C)C2CC3CC(C2)CC1C3.CC1(C)CC2CCC1(C)C2(C)C.CC1(C)CC2CCC1C2.CC12CCC(C1)C(C)(C)C2(C)C.CCC1(C)C2CC3CC(C2)CC1C3.CCC1(C)CC2CCC1C2.CCCCC1(C)C2CC3CC(C2)CC1C3. The van der Waals surface area contributed by atoms with Gasteiger partial charge in [-0.1, -0.05) is 225 Å². The van der Waals surface area contributed by atoms with Crippen molar-refractivity contribution in [1.29, 1.82) is 0 Å². The summed E-state index contributed by atoms with van der Waals surface area (Å²) in [5.74, 6) is 29.5. The highest BCUT2D eigenvalue weighted by Gasteiger charge is 2.67. The maximum atomic E-state index is 2.63. The van der Waals surface area contributed by atoms with Crippen LogP contribution in [0.25, 0.3) is 0 Å². The predicted octanol–water partition coefficient (Wildman–Crippen LogP) is 34.3. The molecule has 0 N–H and O–H groups in total. The van der Waals surface area contributed by atoms with E-state index in [-0.39, 0.29) is 0 Å². The fraction of sp³-hybridized carbons (Fsp3) is 1.00. The van der Waals surface area contributed by atoms with Crippen LogP contribution in [0.1, 0.15) is 469 Å². The third kappa shape index (κ3) is 14.9. The molecule has 0 heteroatoms. The van der Waals surface area contributed by atoms with Gasteiger partial charge in [0.2, 0.25) is 0 Å². The van der Waals surface area contributed by atoms with Crippen molar-refractivity contribution in [2.45, 2.75) is 469 Å². The van der Waals surface area contributed by atoms with Gasteiger partial charge < -0.3 is 0 Å². The van der Waals surface area contributed by atoms with E-state index in [1.165, 1.54) is 103 Å². The Labute approximate surface area is 700 Å². The summed E-state index contributed by atoms with van der Waals surface area (Å²) in [4.78, 5) is 0. The summed E-state index contributed by atoms with van der Waals surface area (Å²) < 4.78 is 0. The molecule has 28 bridgehead atoms. The van der Waals surface area contributed by atoms with E-state index in [1.807, 2.05) is 0 Å². The quantitative estimate of drug-likeness (QED) is 0.249. The first-order valence-electron chi connectivity index (χ1n) is 52.2. The third-order valence-electron chi connectivity index (χ3n) is 48.8. The lowest BCUT2D eigenvalue weighted by molar-refractivity contribution is -0.153. The van der Waals surface area contributed by atoms with E-state index in [2.05, 4.69) is 187 Å². The molecule has 0 aromatic heterocycles. The predicted molar refractivity (Wildman–Crippen MR) is 485 cm³/mol. The maximum absolute atomic E-state index is 2.63. The van der Waals surface area contributed by atoms with Crippen LogP contribution in [0.15, 0.2) is 0 Å². The summed E-state index contributed by atoms with van der Waals surface area (Å²) in [6.07, 6.45) is 67.7. The summed E-state index contributed by atoms with van der Waals surface area (Å²) in [5.41, 5.74) is 9.05. The number of unbranched alkanes of at least 4 members (excludes halogenated alkanes) is 1. The third-order valence-corrected chi connectivity index (χ3v) is 48.8. The molecule has 0 aliphatic heterocycles. The molecule has 0 aromatic rings. The van der Waals surface area contributed by atoms with E-state index in [0.717, 1.165) is 176 Å². The van der Waals surface area contributed by atoms with Crippen LogP contribution in [0, 0.1) is 236 Å². The highest BCUT2D eigenvalue weighted by atomic mass is 14.7. The number of rotatable bonds is 6. The first-order chi connectivity index (χ1) is 52.2. The molecule has 0 heterocycles. The monoisotopic (exact) mass is 1540 g/mol. The van der Waals surface area contributed by atoms with Crippen LogP contribution in [0.5, 0.6) is 0 Å². The second kappa shape index (κ2) is 30.7. The minimum atomic E-state index is 0.510. The summed E-state index contributed by atoms with van der Waals surface area (Å²) in [6.45, 7) is 67.2. The summed E-state index contributed by atoms with van der Waals surface area (Å²) in [5, 5.41) is 0. The average Bonchev–Trinajstić information content (AvgIpc) is 1.00. The van der Waals surface area contributed by atoms with Crippen molar-refractivity contribution in [2.75, 3.05) is 0 Å². The van der Waals surface area contributed by atoms with E-state index >= 15 is 0 Å². The Bertz CT molecular complexity index is 3010. The first kappa shape index (κ1) is 86.9. The minimum absolute atomic E-state index is 0.510. The Hall–Kier alpha value is 0. The van der Waals surface area contributed by atoms with E-state index in [4.69, 9.17) is 0 Å². The van der Waals surface area contributed by atoms with Gasteiger partial charge in [-0.15, -0.1) is 0 Å². The Morgan fingerprint density at radius 1 is 0.304 bits per heavy atom. The van der Waals surface area contributed by atoms with E-state index in [1.54, 1.807) is 180 Å². The van der Waals surface area contributed by atoms with E-state index in [9.17, 15) is 0 Å². The van der Waals surface area contributed by atoms with Crippen molar-refractivity contribution in [3.63, 3.8) is 0 Å². The summed E-state index contributed by atoms with van der Waals surface area (Å²) >= 11 is 0. The molecule has 28 saturated carbocycles. The van der Waals surface area contributed by atoms with E-state index < -0.39 is 0 Å². The summed E-state index contributed by atoms with van der Waals surface area (Å²) in [7, 11) is 0. The van der Waals surface area contributed by atoms with Gasteiger partial charge in [-0.3, -0.25) is 0 Å². The van der Waals surface area contributed by atoms with Crippen LogP contribution < -0.4 is 0 Å². The van der Waals surface area contributed by atoms with Crippen LogP contribution in [0.3, 0.4) is 0 Å². The second-order valence-electron chi connectivity index (χ2n) is 55.7. The minimum Gasteiger partial charge on any atom is -0.0654 e. The molecule has 9 atom stereocenters. The van der Waals surface area contributed by atoms with Crippen LogP contribution in [-0.2, 0) is 0 Å². The van der Waals surface area contributed by atoms with Gasteiger partial charge in [-0.05, 0) is 480 Å². The summed E-state index contributed by atoms with van der Waals surface area (Å²) in [6, 6.07) is 0. The fourth-order valence-corrected chi connectivity index (χ4v) is 38.7. The zero-order valence-electron chi connectivity index (χ0n) is 80.7. The molecule has 0 aromatic carbocycles. The molecule has 28 rings (SSSR count). The van der Waals surface area contributed by atoms with Crippen molar-refractivity contribution in [3.05, 3.63) is 0 Å². The molecule has 112 heavy (non-hydrogen) atoms. The second-order valence-corrected chi connectivity index (χ2v) is 55.7. The molecule has 9 unspecified atom stereocenters. The average molecular weight is 1540 g/mol. The van der Waals surface area contributed by atoms with Gasteiger partial charge in [-0.25, -0.2) is 0 Å². The lowest BCUT2D eigenvalue weighted by atomic mass is 9.40. The van der Waals surface area contributed by atoms with Crippen molar-refractivity contribution in [2.24, 2.45) is 236 Å². The van der Waals surface area contributed by atoms with Gasteiger partial charge in [0.05, 0.1) is 0 Å². The Balaban J connectivity index is 0.000000100. The largest absolute Gasteiger partial charge is 0.0654 e. The highest BCUT2D eigenvalue weighted by molar-refractivity contribution is 5.16. The normalized spacial score (nSPS) is 52.5. The number of hydrogen-bond donors (Lipinski definition) is 0. The van der Waals surface area contributed by atoms with Crippen molar-refractivity contribution in [1.82, 2.24) is 0 Å². The van der Waals surface area contributed by atoms with E-state index in [0.29, 0.717) is 59.6 Å². The lowest BCUT2D eigenvalue weighted by Gasteiger charge is -2.65. The van der Waals surface area contributed by atoms with Crippen molar-refractivity contribution in [3.8, 4) is 0 Å². The Morgan fingerprint density at radius 3 is 0.902 bits per heavy atom. The molecule has 0 nitrogen and oxygen atoms in total. The standard InChI is InChI=1S/2C15H26.C14H24.C13H22.C12H20.2C12H22.C10H18.C9H16/c1-14(2,3)15(4)12-6-10-5-11(8-12)9-13(15)7-10;1-3-4-5-15(2)13-7-11-6-12(9-13)10-14(15)8-11;1-9(2)14(3)12-5-10-4-11(7-12)8-13(14)6-10;1-3-13(2)11-5-9-4-10(7-11)8-12(13)6-9;1-12(2)10-4-8-3-9(6-10)7-11(12)5-8;1-10(2)9-6-7-12(5,8-9)11(10,3)4;1-10(2)8-9-6-7-12(10,5)11(9,3)4;1-3-10(2)7-8-4-5-9(10)6-8;1-9(2)6-7-3-4-8(9)5-7/h10-13H,5-9H2,1-4H3;11-14H,3-10H2,1-2H3;9-13H,4-8H2,1-3H3;9-12H,3-8H2,1-2H3;8-11H,3-7H2,1-2H3;2*9H,6-8H2,1-5H3;8-9H,3-7H2,1-2H3;7-8H,3-6H2,1-2H3. The number of hydrogen-bond acceptors (Lipinski definition) is 0. The zero-order chi connectivity index (χ0) is 80.7. The van der Waals surface area contributed by atoms with Crippen molar-refractivity contribution >= 4 is 0 Å². The molecule has 0 amide bonds. The Morgan fingerprint density at radius 2 is 0.661 bits per heavy atom. The zero-order valence-corrected chi connectivity index (χ0v) is 80.7. The molecule has 28 aliphatic rings. The van der Waals surface area contributed by atoms with Gasteiger partial charge in [0.25, 0.3) is 0 Å². The lowest BCUT2D eigenvalue weighted by Crippen LogP contribution is -2.56. The van der Waals surface area contributed by atoms with Crippen LogP contribution in [0.4, 0.5) is 0 Å². The van der Waals surface area contributed by atoms with Crippen LogP contribution in [-0.4, -0.2) is 0 Å². The smallest absolute Gasteiger partial charge is 0.0220 e. The van der Waals surface area contributed by atoms with Gasteiger partial charge >= 0.3 is 0 Å². The molecule has 28 fully saturated rings. The topological polar surface area (TPSA) is 0 Å². The van der Waals surface area contributed by atoms with Gasteiger partial charge in [-0.2, -0.15) is 0 Å². The van der Waals surface area contributed by atoms with Crippen LogP contribution >= 0.6 is 0 Å². The molecule has 644 valence electrons. The van der Waals surface area contributed by atoms with Gasteiger partial charge in [0, 0.05) is 0 Å². The van der Waals surface area contributed by atoms with Crippen LogP contribution in [0.2, 0.25) is 0 Å². The fourth-order valence-electron chi connectivity index (χ4n) is 38.7. The molecule has 28 aliphatic carbocycles. The van der Waals surface area contributed by atoms with Gasteiger partial charge in [0.1, 0.15) is 0 Å². The number of fused-ring (bicyclic) bond motifs is 8. The van der Waals surface area contributed by atoms with Gasteiger partial charge in [0.15, 0.2) is 0 Å². The first-order valence-corrected chi connectivity index (χ1v) is 52.2. The Kier molecular flexibility index (Phi) is 23.9. The highest BCUT2D eigenvalue weighted by Crippen LogP contribution is 2.76. The molecule has 0 saturated heterocycles. The van der Waals surface area contributed by atoms with Crippen molar-refractivity contribution < 1.29 is 0 Å². The molecular weight excluding hydrogens is 1350 g/mol. The molecule has 0 radical (unpaired) electrons.